The van der Waals surface area contributed by atoms with Crippen LogP contribution in [0.4, 0.5) is 0 Å². The summed E-state index contributed by atoms with van der Waals surface area (Å²) >= 11 is 0. The number of para-hydroxylation sites is 1. The minimum Gasteiger partial charge on any atom is -0.491 e. The summed E-state index contributed by atoms with van der Waals surface area (Å²) in [6.07, 6.45) is 0.148. The van der Waals surface area contributed by atoms with Crippen LogP contribution in [0.25, 0.3) is 0 Å². The van der Waals surface area contributed by atoms with Gasteiger partial charge in [0, 0.05) is 18.7 Å². The van der Waals surface area contributed by atoms with Crippen molar-refractivity contribution in [1.82, 2.24) is 10.2 Å². The molecule has 4 nitrogen and oxygen atoms in total. The van der Waals surface area contributed by atoms with Crippen molar-refractivity contribution in [2.24, 2.45) is 0 Å². The number of rotatable bonds is 8. The number of amides is 1. The third-order valence-electron chi connectivity index (χ3n) is 2.92. The number of benzene rings is 1. The first-order valence-electron chi connectivity index (χ1n) is 7.30. The Bertz CT molecular complexity index is 419. The molecule has 20 heavy (non-hydrogen) atoms. The summed E-state index contributed by atoms with van der Waals surface area (Å²) in [5.74, 6) is 0.966. The van der Waals surface area contributed by atoms with Gasteiger partial charge in [0.25, 0.3) is 0 Å². The predicted molar refractivity (Wildman–Crippen MR) is 81.8 cm³/mol. The fourth-order valence-corrected chi connectivity index (χ4v) is 1.98. The van der Waals surface area contributed by atoms with E-state index in [0.29, 0.717) is 13.1 Å². The summed E-state index contributed by atoms with van der Waals surface area (Å²) in [4.78, 5) is 13.8. The molecule has 1 N–H and O–H groups in total. The fourth-order valence-electron chi connectivity index (χ4n) is 1.98. The number of nitrogens with one attached hydrogen (secondary N) is 1. The zero-order valence-electron chi connectivity index (χ0n) is 13.0. The topological polar surface area (TPSA) is 41.6 Å². The Hall–Kier alpha value is -1.55. The summed E-state index contributed by atoms with van der Waals surface area (Å²) in [7, 11) is 0. The highest BCUT2D eigenvalue weighted by atomic mass is 16.5. The zero-order chi connectivity index (χ0) is 15.0. The summed E-state index contributed by atoms with van der Waals surface area (Å²) in [6, 6.07) is 8.01. The maximum atomic E-state index is 11.7. The smallest absolute Gasteiger partial charge is 0.234 e. The molecule has 0 fully saturated rings. The molecule has 0 aromatic heterocycles. The van der Waals surface area contributed by atoms with Crippen LogP contribution >= 0.6 is 0 Å². The van der Waals surface area contributed by atoms with Crippen molar-refractivity contribution in [1.29, 1.82) is 0 Å². The monoisotopic (exact) mass is 278 g/mol. The molecule has 1 rings (SSSR count). The number of hydrogen-bond donors (Lipinski definition) is 1. The van der Waals surface area contributed by atoms with Gasteiger partial charge in [-0.2, -0.15) is 0 Å². The molecule has 0 atom stereocenters. The standard InChI is InChI=1S/C16H26N2O2/c1-5-17-16(19)12-18(6-2)11-14-9-7-8-10-15(14)20-13(3)4/h7-10,13H,5-6,11-12H2,1-4H3,(H,17,19). The molecular weight excluding hydrogens is 252 g/mol. The van der Waals surface area contributed by atoms with E-state index in [2.05, 4.69) is 23.2 Å². The molecule has 0 bridgehead atoms. The number of carbonyl (C=O) groups excluding carboxylic acids is 1. The van der Waals surface area contributed by atoms with Gasteiger partial charge >= 0.3 is 0 Å². The van der Waals surface area contributed by atoms with E-state index in [1.54, 1.807) is 0 Å². The highest BCUT2D eigenvalue weighted by Gasteiger charge is 2.12. The molecule has 0 saturated heterocycles. The van der Waals surface area contributed by atoms with Gasteiger partial charge < -0.3 is 10.1 Å². The zero-order valence-corrected chi connectivity index (χ0v) is 13.0. The second kappa shape index (κ2) is 8.59. The van der Waals surface area contributed by atoms with Crippen LogP contribution in [0.15, 0.2) is 24.3 Å². The summed E-state index contributed by atoms with van der Waals surface area (Å²) in [5.41, 5.74) is 1.12. The van der Waals surface area contributed by atoms with Crippen molar-refractivity contribution in [2.45, 2.75) is 40.3 Å². The minimum atomic E-state index is 0.0663. The first-order chi connectivity index (χ1) is 9.56. The van der Waals surface area contributed by atoms with Gasteiger partial charge in [0.15, 0.2) is 0 Å². The Morgan fingerprint density at radius 3 is 2.60 bits per heavy atom. The average Bonchev–Trinajstić information content (AvgIpc) is 2.39. The Labute approximate surface area is 122 Å². The highest BCUT2D eigenvalue weighted by molar-refractivity contribution is 5.77. The van der Waals surface area contributed by atoms with Gasteiger partial charge in [0.2, 0.25) is 5.91 Å². The van der Waals surface area contributed by atoms with E-state index < -0.39 is 0 Å². The Morgan fingerprint density at radius 1 is 1.30 bits per heavy atom. The van der Waals surface area contributed by atoms with Crippen LogP contribution in [0.1, 0.15) is 33.3 Å². The number of nitrogens with zero attached hydrogens (tertiary/aromatic N) is 1. The average molecular weight is 278 g/mol. The van der Waals surface area contributed by atoms with Gasteiger partial charge in [-0.25, -0.2) is 0 Å². The molecule has 4 heteroatoms. The van der Waals surface area contributed by atoms with Gasteiger partial charge in [0.1, 0.15) is 5.75 Å². The minimum absolute atomic E-state index is 0.0663. The van der Waals surface area contributed by atoms with E-state index in [9.17, 15) is 4.79 Å². The van der Waals surface area contributed by atoms with Crippen LogP contribution in [0, 0.1) is 0 Å². The van der Waals surface area contributed by atoms with E-state index in [1.807, 2.05) is 39.0 Å². The lowest BCUT2D eigenvalue weighted by Crippen LogP contribution is -2.36. The van der Waals surface area contributed by atoms with Crippen molar-refractivity contribution in [3.63, 3.8) is 0 Å². The fraction of sp³-hybridized carbons (Fsp3) is 0.562. The highest BCUT2D eigenvalue weighted by Crippen LogP contribution is 2.21. The van der Waals surface area contributed by atoms with Crippen LogP contribution in [0.3, 0.4) is 0 Å². The SMILES string of the molecule is CCNC(=O)CN(CC)Cc1ccccc1OC(C)C. The molecule has 0 heterocycles. The van der Waals surface area contributed by atoms with Gasteiger partial charge in [-0.15, -0.1) is 0 Å². The lowest BCUT2D eigenvalue weighted by atomic mass is 10.2. The van der Waals surface area contributed by atoms with Gasteiger partial charge in [-0.1, -0.05) is 25.1 Å². The summed E-state index contributed by atoms with van der Waals surface area (Å²) in [6.45, 7) is 10.7. The Kier molecular flexibility index (Phi) is 7.09. The van der Waals surface area contributed by atoms with Crippen LogP contribution in [-0.4, -0.2) is 36.5 Å². The van der Waals surface area contributed by atoms with Crippen LogP contribution in [0.5, 0.6) is 5.75 Å². The van der Waals surface area contributed by atoms with E-state index >= 15 is 0 Å². The van der Waals surface area contributed by atoms with Crippen LogP contribution < -0.4 is 10.1 Å². The van der Waals surface area contributed by atoms with E-state index in [4.69, 9.17) is 4.74 Å². The first-order valence-corrected chi connectivity index (χ1v) is 7.30. The lowest BCUT2D eigenvalue weighted by Gasteiger charge is -2.22. The van der Waals surface area contributed by atoms with Crippen molar-refractivity contribution >= 4 is 5.91 Å². The van der Waals surface area contributed by atoms with E-state index in [0.717, 1.165) is 24.4 Å². The molecule has 0 radical (unpaired) electrons. The number of ether oxygens (including phenoxy) is 1. The molecule has 0 saturated carbocycles. The molecule has 0 spiro atoms. The lowest BCUT2D eigenvalue weighted by molar-refractivity contribution is -0.122. The molecule has 0 unspecified atom stereocenters. The maximum Gasteiger partial charge on any atom is 0.234 e. The number of carbonyl (C=O) groups is 1. The molecule has 1 amide bonds. The summed E-state index contributed by atoms with van der Waals surface area (Å²) < 4.78 is 5.82. The third kappa shape index (κ3) is 5.61. The largest absolute Gasteiger partial charge is 0.491 e. The first kappa shape index (κ1) is 16.5. The predicted octanol–water partition coefficient (Wildman–Crippen LogP) is 2.43. The van der Waals surface area contributed by atoms with Crippen LogP contribution in [-0.2, 0) is 11.3 Å². The maximum absolute atomic E-state index is 11.7. The van der Waals surface area contributed by atoms with Gasteiger partial charge in [0.05, 0.1) is 12.6 Å². The molecule has 112 valence electrons. The molecule has 0 aliphatic carbocycles. The summed E-state index contributed by atoms with van der Waals surface area (Å²) in [5, 5.41) is 2.83. The van der Waals surface area contributed by atoms with Crippen molar-refractivity contribution in [2.75, 3.05) is 19.6 Å². The normalized spacial score (nSPS) is 10.9. The Balaban J connectivity index is 2.71. The third-order valence-corrected chi connectivity index (χ3v) is 2.92. The van der Waals surface area contributed by atoms with E-state index in [-0.39, 0.29) is 12.0 Å². The molecule has 0 aliphatic rings. The molecule has 1 aromatic carbocycles. The molecule has 1 aromatic rings. The number of hydrogen-bond acceptors (Lipinski definition) is 3. The second-order valence-electron chi connectivity index (χ2n) is 5.03. The molecule has 0 aliphatic heterocycles. The van der Waals surface area contributed by atoms with Crippen molar-refractivity contribution < 1.29 is 9.53 Å². The van der Waals surface area contributed by atoms with Gasteiger partial charge in [-0.3, -0.25) is 9.69 Å². The van der Waals surface area contributed by atoms with Crippen molar-refractivity contribution in [3.05, 3.63) is 29.8 Å². The quantitative estimate of drug-likeness (QED) is 0.794. The number of likely N-dealkylation sites (N-methyl/N-ethyl adjacent to an activating group) is 2. The van der Waals surface area contributed by atoms with Gasteiger partial charge in [-0.05, 0) is 33.4 Å². The Morgan fingerprint density at radius 2 is 2.00 bits per heavy atom. The molecular formula is C16H26N2O2. The van der Waals surface area contributed by atoms with Crippen LogP contribution in [0.2, 0.25) is 0 Å². The van der Waals surface area contributed by atoms with E-state index in [1.165, 1.54) is 0 Å². The second-order valence-corrected chi connectivity index (χ2v) is 5.03. The van der Waals surface area contributed by atoms with Crippen molar-refractivity contribution in [3.8, 4) is 5.75 Å².